The summed E-state index contributed by atoms with van der Waals surface area (Å²) in [5, 5.41) is 0. The van der Waals surface area contributed by atoms with Crippen LogP contribution in [-0.4, -0.2) is 13.2 Å². The van der Waals surface area contributed by atoms with E-state index in [4.69, 9.17) is 10.5 Å². The van der Waals surface area contributed by atoms with Crippen LogP contribution < -0.4 is 10.5 Å². The van der Waals surface area contributed by atoms with Crippen LogP contribution in [0.5, 0.6) is 5.75 Å². The summed E-state index contributed by atoms with van der Waals surface area (Å²) in [5.41, 5.74) is 7.45. The molecule has 2 nitrogen and oxygen atoms in total. The van der Waals surface area contributed by atoms with Crippen molar-refractivity contribution < 1.29 is 4.74 Å². The second-order valence-electron chi connectivity index (χ2n) is 4.72. The fourth-order valence-electron chi connectivity index (χ4n) is 2.68. The van der Waals surface area contributed by atoms with Crippen LogP contribution in [0.4, 0.5) is 0 Å². The lowest BCUT2D eigenvalue weighted by atomic mass is 9.90. The smallest absolute Gasteiger partial charge is 0.122 e. The molecule has 1 saturated carbocycles. The highest BCUT2D eigenvalue weighted by atomic mass is 16.5. The summed E-state index contributed by atoms with van der Waals surface area (Å²) in [5.74, 6) is 1.59. The maximum atomic E-state index is 6.11. The molecule has 2 atom stereocenters. The molecule has 2 rings (SSSR count). The Labute approximate surface area is 97.8 Å². The number of nitrogens with two attached hydrogens (primary N) is 1. The van der Waals surface area contributed by atoms with Crippen molar-refractivity contribution >= 4 is 0 Å². The third kappa shape index (κ3) is 2.56. The first-order valence-electron chi connectivity index (χ1n) is 6.19. The number of rotatable bonds is 2. The van der Waals surface area contributed by atoms with Crippen LogP contribution in [0, 0.1) is 0 Å². The molecular weight excluding hydrogens is 198 g/mol. The summed E-state index contributed by atoms with van der Waals surface area (Å²) in [6.45, 7) is 0. The van der Waals surface area contributed by atoms with Crippen molar-refractivity contribution in [2.24, 2.45) is 5.73 Å². The summed E-state index contributed by atoms with van der Waals surface area (Å²) in [4.78, 5) is 0. The van der Waals surface area contributed by atoms with Gasteiger partial charge in [0.05, 0.1) is 7.11 Å². The predicted octanol–water partition coefficient (Wildman–Crippen LogP) is 3.07. The van der Waals surface area contributed by atoms with Crippen LogP contribution in [-0.2, 0) is 0 Å². The summed E-state index contributed by atoms with van der Waals surface area (Å²) in [6, 6.07) is 8.71. The van der Waals surface area contributed by atoms with E-state index in [-0.39, 0.29) is 0 Å². The third-order valence-corrected chi connectivity index (χ3v) is 3.54. The number of hydrogen-bond acceptors (Lipinski definition) is 2. The number of methoxy groups -OCH3 is 1. The van der Waals surface area contributed by atoms with Gasteiger partial charge in [-0.2, -0.15) is 0 Å². The van der Waals surface area contributed by atoms with E-state index in [0.717, 1.165) is 12.2 Å². The van der Waals surface area contributed by atoms with Crippen molar-refractivity contribution in [1.29, 1.82) is 0 Å². The minimum Gasteiger partial charge on any atom is -0.496 e. The first-order valence-corrected chi connectivity index (χ1v) is 6.19. The van der Waals surface area contributed by atoms with Crippen molar-refractivity contribution in [2.75, 3.05) is 7.11 Å². The van der Waals surface area contributed by atoms with E-state index in [1.807, 2.05) is 12.1 Å². The van der Waals surface area contributed by atoms with Gasteiger partial charge in [-0.1, -0.05) is 31.0 Å². The molecule has 0 saturated heterocycles. The predicted molar refractivity (Wildman–Crippen MR) is 66.8 cm³/mol. The monoisotopic (exact) mass is 219 g/mol. The fraction of sp³-hybridized carbons (Fsp3) is 0.571. The van der Waals surface area contributed by atoms with E-state index in [1.165, 1.54) is 31.2 Å². The zero-order valence-electron chi connectivity index (χ0n) is 9.99. The summed E-state index contributed by atoms with van der Waals surface area (Å²) >= 11 is 0. The minimum absolute atomic E-state index is 0.359. The molecule has 0 heterocycles. The molecule has 0 spiro atoms. The summed E-state index contributed by atoms with van der Waals surface area (Å²) in [6.07, 6.45) is 6.07. The van der Waals surface area contributed by atoms with Gasteiger partial charge in [0.2, 0.25) is 0 Å². The van der Waals surface area contributed by atoms with Crippen molar-refractivity contribution in [3.05, 3.63) is 29.8 Å². The van der Waals surface area contributed by atoms with E-state index < -0.39 is 0 Å². The second kappa shape index (κ2) is 5.35. The molecule has 1 fully saturated rings. The van der Waals surface area contributed by atoms with Crippen LogP contribution in [0.25, 0.3) is 0 Å². The number of hydrogen-bond donors (Lipinski definition) is 1. The lowest BCUT2D eigenvalue weighted by Gasteiger charge is -2.19. The van der Waals surface area contributed by atoms with E-state index in [1.54, 1.807) is 7.11 Å². The van der Waals surface area contributed by atoms with Crippen LogP contribution in [0.15, 0.2) is 24.3 Å². The van der Waals surface area contributed by atoms with Gasteiger partial charge in [-0.25, -0.2) is 0 Å². The van der Waals surface area contributed by atoms with Crippen LogP contribution in [0.3, 0.4) is 0 Å². The summed E-state index contributed by atoms with van der Waals surface area (Å²) < 4.78 is 5.43. The molecule has 0 aliphatic heterocycles. The Balaban J connectivity index is 2.20. The van der Waals surface area contributed by atoms with Crippen LogP contribution >= 0.6 is 0 Å². The molecule has 1 aromatic carbocycles. The molecule has 2 heteroatoms. The third-order valence-electron chi connectivity index (χ3n) is 3.54. The topological polar surface area (TPSA) is 35.2 Å². The molecule has 2 unspecified atom stereocenters. The van der Waals surface area contributed by atoms with Gasteiger partial charge in [0, 0.05) is 6.04 Å². The lowest BCUT2D eigenvalue weighted by Crippen LogP contribution is -2.21. The van der Waals surface area contributed by atoms with Crippen LogP contribution in [0.1, 0.15) is 43.6 Å². The average Bonchev–Trinajstić information content (AvgIpc) is 2.54. The van der Waals surface area contributed by atoms with Crippen molar-refractivity contribution in [3.63, 3.8) is 0 Å². The average molecular weight is 219 g/mol. The Bertz CT molecular complexity index is 337. The molecule has 16 heavy (non-hydrogen) atoms. The van der Waals surface area contributed by atoms with Crippen LogP contribution in [0.2, 0.25) is 0 Å². The minimum atomic E-state index is 0.359. The van der Waals surface area contributed by atoms with E-state index in [2.05, 4.69) is 12.1 Å². The number of ether oxygens (including phenoxy) is 1. The quantitative estimate of drug-likeness (QED) is 0.776. The molecule has 2 N–H and O–H groups in total. The highest BCUT2D eigenvalue weighted by Crippen LogP contribution is 2.35. The SMILES string of the molecule is COc1ccccc1C1CCCCC(N)C1. The Morgan fingerprint density at radius 2 is 1.94 bits per heavy atom. The highest BCUT2D eigenvalue weighted by molar-refractivity contribution is 5.36. The van der Waals surface area contributed by atoms with E-state index >= 15 is 0 Å². The molecule has 0 bridgehead atoms. The van der Waals surface area contributed by atoms with Gasteiger partial charge in [-0.15, -0.1) is 0 Å². The molecule has 1 aromatic rings. The Morgan fingerprint density at radius 3 is 2.75 bits per heavy atom. The molecule has 0 aromatic heterocycles. The van der Waals surface area contributed by atoms with Gasteiger partial charge in [0.25, 0.3) is 0 Å². The largest absolute Gasteiger partial charge is 0.496 e. The molecule has 1 aliphatic carbocycles. The molecule has 0 radical (unpaired) electrons. The Kier molecular flexibility index (Phi) is 3.83. The van der Waals surface area contributed by atoms with Gasteiger partial charge in [-0.05, 0) is 36.8 Å². The zero-order chi connectivity index (χ0) is 11.4. The van der Waals surface area contributed by atoms with Gasteiger partial charge < -0.3 is 10.5 Å². The zero-order valence-corrected chi connectivity index (χ0v) is 9.99. The standard InChI is InChI=1S/C14H21NO/c1-16-14-9-5-4-8-13(14)11-6-2-3-7-12(15)10-11/h4-5,8-9,11-12H,2-3,6-7,10,15H2,1H3. The van der Waals surface area contributed by atoms with Crippen molar-refractivity contribution in [1.82, 2.24) is 0 Å². The van der Waals surface area contributed by atoms with Crippen molar-refractivity contribution in [2.45, 2.75) is 44.1 Å². The van der Waals surface area contributed by atoms with Gasteiger partial charge in [0.1, 0.15) is 5.75 Å². The maximum absolute atomic E-state index is 6.11. The van der Waals surface area contributed by atoms with Gasteiger partial charge >= 0.3 is 0 Å². The number of para-hydroxylation sites is 1. The highest BCUT2D eigenvalue weighted by Gasteiger charge is 2.21. The van der Waals surface area contributed by atoms with Crippen molar-refractivity contribution in [3.8, 4) is 5.75 Å². The Morgan fingerprint density at radius 1 is 1.19 bits per heavy atom. The molecule has 0 amide bonds. The van der Waals surface area contributed by atoms with E-state index in [0.29, 0.717) is 12.0 Å². The van der Waals surface area contributed by atoms with E-state index in [9.17, 15) is 0 Å². The summed E-state index contributed by atoms with van der Waals surface area (Å²) in [7, 11) is 1.75. The first-order chi connectivity index (χ1) is 7.81. The maximum Gasteiger partial charge on any atom is 0.122 e. The van der Waals surface area contributed by atoms with Gasteiger partial charge in [-0.3, -0.25) is 0 Å². The molecular formula is C14H21NO. The molecule has 1 aliphatic rings. The molecule has 88 valence electrons. The Hall–Kier alpha value is -1.02. The lowest BCUT2D eigenvalue weighted by molar-refractivity contribution is 0.400. The first kappa shape index (κ1) is 11.5. The second-order valence-corrected chi connectivity index (χ2v) is 4.72. The normalized spacial score (nSPS) is 26.1. The fourth-order valence-corrected chi connectivity index (χ4v) is 2.68. The number of benzene rings is 1. The van der Waals surface area contributed by atoms with Gasteiger partial charge in [0.15, 0.2) is 0 Å².